The van der Waals surface area contributed by atoms with Gasteiger partial charge in [-0.25, -0.2) is 0 Å². The van der Waals surface area contributed by atoms with Crippen molar-refractivity contribution in [2.45, 2.75) is 13.8 Å². The molecular weight excluding hydrogens is 276 g/mol. The largest absolute Gasteiger partial charge is 0.276 e. The quantitative estimate of drug-likeness (QED) is 0.788. The van der Waals surface area contributed by atoms with E-state index in [1.807, 2.05) is 40.3 Å². The van der Waals surface area contributed by atoms with Gasteiger partial charge < -0.3 is 0 Å². The molecule has 0 bridgehead atoms. The summed E-state index contributed by atoms with van der Waals surface area (Å²) >= 11 is 6.49. The lowest BCUT2D eigenvalue weighted by Gasteiger charge is -1.96. The van der Waals surface area contributed by atoms with Gasteiger partial charge >= 0.3 is 0 Å². The van der Waals surface area contributed by atoms with E-state index in [1.54, 1.807) is 9.36 Å². The Hall–Kier alpha value is -2.08. The molecule has 0 amide bonds. The zero-order valence-electron chi connectivity index (χ0n) is 11.8. The Labute approximate surface area is 121 Å². The van der Waals surface area contributed by atoms with Gasteiger partial charge in [-0.3, -0.25) is 14.5 Å². The highest BCUT2D eigenvalue weighted by atomic mass is 35.5. The van der Waals surface area contributed by atoms with Crippen LogP contribution in [0, 0.1) is 13.8 Å². The number of hydrogen-bond donors (Lipinski definition) is 1. The third-order valence-electron chi connectivity index (χ3n) is 3.26. The molecule has 0 atom stereocenters. The number of hydrogen-bond acceptors (Lipinski definition) is 3. The van der Waals surface area contributed by atoms with Gasteiger partial charge in [0.25, 0.3) is 0 Å². The molecule has 20 heavy (non-hydrogen) atoms. The number of halogens is 1. The predicted molar refractivity (Wildman–Crippen MR) is 77.5 cm³/mol. The molecule has 0 aromatic carbocycles. The lowest BCUT2D eigenvalue weighted by atomic mass is 10.1. The number of H-pyrrole nitrogens is 1. The molecule has 0 spiro atoms. The number of aromatic nitrogens is 6. The van der Waals surface area contributed by atoms with Gasteiger partial charge in [0.15, 0.2) is 0 Å². The average Bonchev–Trinajstić information content (AvgIpc) is 2.98. The number of aryl methyl sites for hydroxylation is 4. The van der Waals surface area contributed by atoms with Gasteiger partial charge in [-0.2, -0.15) is 15.3 Å². The Balaban J connectivity index is 2.14. The third-order valence-corrected chi connectivity index (χ3v) is 3.63. The molecule has 0 saturated heterocycles. The molecule has 0 saturated carbocycles. The molecule has 0 fully saturated rings. The monoisotopic (exact) mass is 290 g/mol. The summed E-state index contributed by atoms with van der Waals surface area (Å²) in [6, 6.07) is 0. The maximum absolute atomic E-state index is 6.49. The SMILES string of the molecule is Cc1nn(C)cc1-c1n[nH]c(-c2cn(C)nc2C)c1Cl. The van der Waals surface area contributed by atoms with Crippen molar-refractivity contribution in [3.8, 4) is 22.5 Å². The molecular formula is C13H15ClN6. The third kappa shape index (κ3) is 1.92. The fourth-order valence-electron chi connectivity index (χ4n) is 2.36. The Morgan fingerprint density at radius 3 is 2.05 bits per heavy atom. The first-order chi connectivity index (χ1) is 9.47. The van der Waals surface area contributed by atoms with Crippen LogP contribution in [-0.2, 0) is 14.1 Å². The Morgan fingerprint density at radius 1 is 1.00 bits per heavy atom. The highest BCUT2D eigenvalue weighted by molar-refractivity contribution is 6.35. The van der Waals surface area contributed by atoms with Crippen LogP contribution < -0.4 is 0 Å². The maximum atomic E-state index is 6.49. The molecule has 3 heterocycles. The maximum Gasteiger partial charge on any atom is 0.115 e. The minimum atomic E-state index is 0.595. The number of nitrogens with zero attached hydrogens (tertiary/aromatic N) is 5. The van der Waals surface area contributed by atoms with Crippen LogP contribution >= 0.6 is 11.6 Å². The smallest absolute Gasteiger partial charge is 0.115 e. The van der Waals surface area contributed by atoms with E-state index in [4.69, 9.17) is 11.6 Å². The lowest BCUT2D eigenvalue weighted by molar-refractivity contribution is 0.756. The first-order valence-corrected chi connectivity index (χ1v) is 6.60. The summed E-state index contributed by atoms with van der Waals surface area (Å²) < 4.78 is 3.52. The van der Waals surface area contributed by atoms with E-state index in [1.165, 1.54) is 0 Å². The van der Waals surface area contributed by atoms with Gasteiger partial charge in [0.1, 0.15) is 5.69 Å². The molecule has 3 rings (SSSR count). The minimum absolute atomic E-state index is 0.595. The van der Waals surface area contributed by atoms with E-state index in [0.29, 0.717) is 5.02 Å². The number of rotatable bonds is 2. The van der Waals surface area contributed by atoms with Gasteiger partial charge in [0, 0.05) is 37.6 Å². The lowest BCUT2D eigenvalue weighted by Crippen LogP contribution is -1.86. The van der Waals surface area contributed by atoms with Crippen molar-refractivity contribution in [1.82, 2.24) is 29.8 Å². The Kier molecular flexibility index (Phi) is 2.90. The molecule has 0 aliphatic carbocycles. The summed E-state index contributed by atoms with van der Waals surface area (Å²) in [5, 5.41) is 16.6. The van der Waals surface area contributed by atoms with Gasteiger partial charge in [0.05, 0.1) is 22.1 Å². The van der Waals surface area contributed by atoms with Crippen molar-refractivity contribution in [3.05, 3.63) is 28.8 Å². The van der Waals surface area contributed by atoms with Crippen LogP contribution in [0.3, 0.4) is 0 Å². The van der Waals surface area contributed by atoms with Gasteiger partial charge in [-0.1, -0.05) is 11.6 Å². The van der Waals surface area contributed by atoms with E-state index in [2.05, 4.69) is 20.4 Å². The normalized spacial score (nSPS) is 11.2. The van der Waals surface area contributed by atoms with Crippen LogP contribution in [0.1, 0.15) is 11.4 Å². The summed E-state index contributed by atoms with van der Waals surface area (Å²) in [6.45, 7) is 3.89. The van der Waals surface area contributed by atoms with Crippen molar-refractivity contribution in [3.63, 3.8) is 0 Å². The second-order valence-corrected chi connectivity index (χ2v) is 5.24. The first kappa shape index (κ1) is 12.9. The van der Waals surface area contributed by atoms with Crippen molar-refractivity contribution < 1.29 is 0 Å². The Morgan fingerprint density at radius 2 is 1.55 bits per heavy atom. The zero-order chi connectivity index (χ0) is 14.4. The molecule has 7 heteroatoms. The number of aromatic amines is 1. The second-order valence-electron chi connectivity index (χ2n) is 4.86. The number of nitrogens with one attached hydrogen (secondary N) is 1. The molecule has 0 aliphatic rings. The second kappa shape index (κ2) is 4.49. The van der Waals surface area contributed by atoms with Crippen LogP contribution in [0.25, 0.3) is 22.5 Å². The first-order valence-electron chi connectivity index (χ1n) is 6.22. The molecule has 3 aromatic rings. The van der Waals surface area contributed by atoms with Crippen LogP contribution in [-0.4, -0.2) is 29.8 Å². The van der Waals surface area contributed by atoms with Gasteiger partial charge in [0.2, 0.25) is 0 Å². The van der Waals surface area contributed by atoms with Crippen LogP contribution in [0.5, 0.6) is 0 Å². The molecule has 6 nitrogen and oxygen atoms in total. The molecule has 0 unspecified atom stereocenters. The van der Waals surface area contributed by atoms with E-state index in [-0.39, 0.29) is 0 Å². The summed E-state index contributed by atoms with van der Waals surface area (Å²) in [5.74, 6) is 0. The van der Waals surface area contributed by atoms with Crippen molar-refractivity contribution in [2.24, 2.45) is 14.1 Å². The minimum Gasteiger partial charge on any atom is -0.276 e. The summed E-state index contributed by atoms with van der Waals surface area (Å²) in [4.78, 5) is 0. The highest BCUT2D eigenvalue weighted by Crippen LogP contribution is 2.36. The fraction of sp³-hybridized carbons (Fsp3) is 0.308. The van der Waals surface area contributed by atoms with E-state index < -0.39 is 0 Å². The van der Waals surface area contributed by atoms with E-state index in [0.717, 1.165) is 33.9 Å². The van der Waals surface area contributed by atoms with Crippen molar-refractivity contribution >= 4 is 11.6 Å². The predicted octanol–water partition coefficient (Wildman–Crippen LogP) is 2.48. The molecule has 104 valence electrons. The molecule has 1 N–H and O–H groups in total. The topological polar surface area (TPSA) is 64.3 Å². The van der Waals surface area contributed by atoms with Gasteiger partial charge in [-0.05, 0) is 13.8 Å². The standard InChI is InChI=1S/C13H15ClN6/c1-7-9(5-19(3)17-7)12-11(14)13(16-15-12)10-6-20(4)18-8(10)2/h5-6H,1-4H3,(H,15,16). The highest BCUT2D eigenvalue weighted by Gasteiger charge is 2.19. The van der Waals surface area contributed by atoms with Crippen LogP contribution in [0.4, 0.5) is 0 Å². The summed E-state index contributed by atoms with van der Waals surface area (Å²) in [7, 11) is 3.76. The van der Waals surface area contributed by atoms with Crippen molar-refractivity contribution in [2.75, 3.05) is 0 Å². The molecule has 3 aromatic heterocycles. The zero-order valence-corrected chi connectivity index (χ0v) is 12.5. The summed E-state index contributed by atoms with van der Waals surface area (Å²) in [5.41, 5.74) is 5.20. The molecule has 0 radical (unpaired) electrons. The van der Waals surface area contributed by atoms with Crippen LogP contribution in [0.2, 0.25) is 5.02 Å². The average molecular weight is 291 g/mol. The van der Waals surface area contributed by atoms with E-state index >= 15 is 0 Å². The van der Waals surface area contributed by atoms with Gasteiger partial charge in [-0.15, -0.1) is 0 Å². The summed E-state index contributed by atoms with van der Waals surface area (Å²) in [6.07, 6.45) is 3.84. The fourth-order valence-corrected chi connectivity index (χ4v) is 2.65. The Bertz CT molecular complexity index is 715. The van der Waals surface area contributed by atoms with Crippen LogP contribution in [0.15, 0.2) is 12.4 Å². The molecule has 0 aliphatic heterocycles. The van der Waals surface area contributed by atoms with Crippen molar-refractivity contribution in [1.29, 1.82) is 0 Å². The van der Waals surface area contributed by atoms with E-state index in [9.17, 15) is 0 Å².